The zero-order chi connectivity index (χ0) is 50.2. The van der Waals surface area contributed by atoms with Crippen LogP contribution >= 0.6 is 0 Å². The molecular formula is C71H46IrN3O. The van der Waals surface area contributed by atoms with Crippen LogP contribution in [-0.2, 0) is 20.1 Å². The Hall–Kier alpha value is -9.12. The van der Waals surface area contributed by atoms with Gasteiger partial charge in [-0.1, -0.05) is 184 Å². The molecule has 0 unspecified atom stereocenters. The van der Waals surface area contributed by atoms with Gasteiger partial charge in [0.05, 0.1) is 0 Å². The van der Waals surface area contributed by atoms with Crippen molar-refractivity contribution in [3.05, 3.63) is 272 Å². The number of para-hydroxylation sites is 2. The van der Waals surface area contributed by atoms with Crippen molar-refractivity contribution in [2.45, 2.75) is 13.8 Å². The van der Waals surface area contributed by atoms with Crippen LogP contribution in [0.5, 0.6) is 0 Å². The second-order valence-electron chi connectivity index (χ2n) is 19.0. The van der Waals surface area contributed by atoms with Crippen molar-refractivity contribution in [3.8, 4) is 112 Å². The second kappa shape index (κ2) is 20.7. The van der Waals surface area contributed by atoms with E-state index in [0.29, 0.717) is 0 Å². The van der Waals surface area contributed by atoms with Crippen LogP contribution in [0.2, 0.25) is 0 Å². The van der Waals surface area contributed by atoms with Gasteiger partial charge in [-0.3, -0.25) is 0 Å². The van der Waals surface area contributed by atoms with Gasteiger partial charge in [0.2, 0.25) is 0 Å². The summed E-state index contributed by atoms with van der Waals surface area (Å²) in [6.07, 6.45) is 5.59. The molecule has 0 atom stereocenters. The zero-order valence-electron chi connectivity index (χ0n) is 41.7. The molecule has 0 aliphatic rings. The van der Waals surface area contributed by atoms with Gasteiger partial charge in [0.15, 0.2) is 0 Å². The third-order valence-electron chi connectivity index (χ3n) is 14.4. The first-order valence-corrected chi connectivity index (χ1v) is 25.2. The average molecular weight is 1150 g/mol. The molecule has 4 heterocycles. The Labute approximate surface area is 456 Å². The summed E-state index contributed by atoms with van der Waals surface area (Å²) in [5.41, 5.74) is 24.5. The zero-order valence-corrected chi connectivity index (χ0v) is 44.1. The summed E-state index contributed by atoms with van der Waals surface area (Å²) in [4.78, 5) is 14.1. The van der Waals surface area contributed by atoms with Gasteiger partial charge >= 0.3 is 20.1 Å². The van der Waals surface area contributed by atoms with Crippen LogP contribution in [0.15, 0.2) is 247 Å². The Kier molecular flexibility index (Phi) is 13.0. The van der Waals surface area contributed by atoms with E-state index in [1.807, 2.05) is 67.1 Å². The van der Waals surface area contributed by atoms with Gasteiger partial charge in [0, 0.05) is 34.9 Å². The van der Waals surface area contributed by atoms with Gasteiger partial charge in [-0.25, -0.2) is 0 Å². The first kappa shape index (κ1) is 47.9. The fraction of sp³-hybridized carbons (Fsp3) is 0.0282. The average Bonchev–Trinajstić information content (AvgIpc) is 3.92. The maximum absolute atomic E-state index is 6.77. The van der Waals surface area contributed by atoms with E-state index in [9.17, 15) is 0 Å². The summed E-state index contributed by atoms with van der Waals surface area (Å²) in [5, 5.41) is 2.16. The number of aryl methyl sites for hydroxylation is 2. The van der Waals surface area contributed by atoms with E-state index in [1.165, 1.54) is 5.56 Å². The summed E-state index contributed by atoms with van der Waals surface area (Å²) in [6.45, 7) is 4.23. The van der Waals surface area contributed by atoms with Crippen LogP contribution in [0.3, 0.4) is 0 Å². The van der Waals surface area contributed by atoms with E-state index in [4.69, 9.17) is 9.40 Å². The molecule has 0 saturated carbocycles. The topological polar surface area (TPSA) is 51.8 Å². The van der Waals surface area contributed by atoms with Crippen molar-refractivity contribution in [1.82, 2.24) is 15.0 Å². The molecule has 0 N–H and O–H groups in total. The van der Waals surface area contributed by atoms with Crippen LogP contribution in [0.1, 0.15) is 11.1 Å². The molecule has 5 heteroatoms. The number of benzene rings is 9. The van der Waals surface area contributed by atoms with Crippen LogP contribution in [0.25, 0.3) is 134 Å². The molecule has 0 spiro atoms. The largest absolute Gasteiger partial charge is 3.00 e. The molecule has 0 bridgehead atoms. The molecule has 360 valence electrons. The molecule has 9 aromatic carbocycles. The summed E-state index contributed by atoms with van der Waals surface area (Å²) >= 11 is 0. The summed E-state index contributed by atoms with van der Waals surface area (Å²) < 4.78 is 6.77. The predicted molar refractivity (Wildman–Crippen MR) is 307 cm³/mol. The van der Waals surface area contributed by atoms with E-state index in [-0.39, 0.29) is 20.1 Å². The number of aromatic nitrogens is 3. The fourth-order valence-corrected chi connectivity index (χ4v) is 10.4. The van der Waals surface area contributed by atoms with Crippen molar-refractivity contribution in [2.75, 3.05) is 0 Å². The van der Waals surface area contributed by atoms with Gasteiger partial charge in [0.25, 0.3) is 0 Å². The van der Waals surface area contributed by atoms with Crippen molar-refractivity contribution >= 4 is 21.9 Å². The summed E-state index contributed by atoms with van der Waals surface area (Å²) in [7, 11) is 0. The van der Waals surface area contributed by atoms with Gasteiger partial charge in [-0.15, -0.1) is 83.4 Å². The predicted octanol–water partition coefficient (Wildman–Crippen LogP) is 18.5. The monoisotopic (exact) mass is 1150 g/mol. The van der Waals surface area contributed by atoms with Crippen LogP contribution < -0.4 is 0 Å². The van der Waals surface area contributed by atoms with Crippen molar-refractivity contribution in [1.29, 1.82) is 0 Å². The SMILES string of the molecule is Cc1cnc(-c2[c-]cc(-c3ccccc3-c3cc(-c4ccccc4-c4c[c-]c(-c5ccccn5)cc4)cc(-c4ccccc4-c4c[c-]c(-c5ccccn5)cc4)c3)c(-c3cccc4c3oc3ccccc34)c2)cc1C.[Ir+3]. The first-order chi connectivity index (χ1) is 37.0. The molecule has 0 radical (unpaired) electrons. The van der Waals surface area contributed by atoms with Crippen molar-refractivity contribution in [3.63, 3.8) is 0 Å². The van der Waals surface area contributed by atoms with E-state index in [2.05, 4.69) is 218 Å². The molecule has 76 heavy (non-hydrogen) atoms. The smallest absolute Gasteiger partial charge is 0.455 e. The Morgan fingerprint density at radius 2 is 0.816 bits per heavy atom. The van der Waals surface area contributed by atoms with E-state index < -0.39 is 0 Å². The molecular weight excluding hydrogens is 1100 g/mol. The first-order valence-electron chi connectivity index (χ1n) is 25.2. The van der Waals surface area contributed by atoms with Gasteiger partial charge < -0.3 is 19.4 Å². The Bertz CT molecular complexity index is 4100. The van der Waals surface area contributed by atoms with Crippen molar-refractivity contribution in [2.24, 2.45) is 0 Å². The molecule has 0 aliphatic carbocycles. The number of pyridine rings is 3. The quantitative estimate of drug-likeness (QED) is 0.128. The van der Waals surface area contributed by atoms with E-state index in [1.54, 1.807) is 0 Å². The second-order valence-corrected chi connectivity index (χ2v) is 19.0. The number of furan rings is 1. The number of nitrogens with zero attached hydrogens (tertiary/aromatic N) is 3. The van der Waals surface area contributed by atoms with E-state index >= 15 is 0 Å². The molecule has 4 nitrogen and oxygen atoms in total. The maximum atomic E-state index is 6.77. The number of fused-ring (bicyclic) bond motifs is 3. The maximum Gasteiger partial charge on any atom is 3.00 e. The summed E-state index contributed by atoms with van der Waals surface area (Å²) in [6, 6.07) is 89.9. The Morgan fingerprint density at radius 1 is 0.329 bits per heavy atom. The number of hydrogen-bond acceptors (Lipinski definition) is 4. The minimum Gasteiger partial charge on any atom is -0.455 e. The van der Waals surface area contributed by atoms with Crippen molar-refractivity contribution < 1.29 is 24.5 Å². The normalized spacial score (nSPS) is 11.2. The van der Waals surface area contributed by atoms with Gasteiger partial charge in [-0.2, -0.15) is 0 Å². The van der Waals surface area contributed by atoms with Crippen LogP contribution in [-0.4, -0.2) is 15.0 Å². The molecule has 13 aromatic rings. The van der Waals surface area contributed by atoms with Crippen LogP contribution in [0, 0.1) is 32.0 Å². The Morgan fingerprint density at radius 3 is 1.36 bits per heavy atom. The van der Waals surface area contributed by atoms with Gasteiger partial charge in [0.1, 0.15) is 11.2 Å². The summed E-state index contributed by atoms with van der Waals surface area (Å²) in [5.74, 6) is 0. The molecule has 0 fully saturated rings. The molecule has 13 rings (SSSR count). The number of hydrogen-bond donors (Lipinski definition) is 0. The van der Waals surface area contributed by atoms with E-state index in [0.717, 1.165) is 139 Å². The minimum atomic E-state index is 0. The molecule has 4 aromatic heterocycles. The van der Waals surface area contributed by atoms with Crippen LogP contribution in [0.4, 0.5) is 0 Å². The standard InChI is InChI=1S/C71H46N3O.Ir/c1-46-40-69(74-45-47(46)2)52-36-37-62(66(44-52)65-24-15-23-64-63-22-9-10-27-70(63)75-71(64)65)61-21-8-7-20-60(61)55-42-53(58-18-5-3-16-56(58)48-28-32-50(33-29-48)67-25-11-13-38-72-67)41-54(43-55)59-19-6-4-17-57(59)49-30-34-51(35-31-49)68-26-12-14-39-73-68;/h3-32,34,37-45H,1-2H3;/q-3;+3. The number of rotatable bonds is 10. The Balaban J connectivity index is 0.00000582. The fourth-order valence-electron chi connectivity index (χ4n) is 10.4. The third kappa shape index (κ3) is 9.07. The third-order valence-corrected chi connectivity index (χ3v) is 14.4. The molecule has 0 amide bonds. The van der Waals surface area contributed by atoms with Gasteiger partial charge in [-0.05, 0) is 106 Å². The molecule has 0 aliphatic heterocycles. The minimum absolute atomic E-state index is 0. The molecule has 0 saturated heterocycles.